The molecule has 102 valence electrons. The average Bonchev–Trinajstić information content (AvgIpc) is 3.20. The van der Waals surface area contributed by atoms with Gasteiger partial charge in [-0.15, -0.1) is 0 Å². The summed E-state index contributed by atoms with van der Waals surface area (Å²) in [5, 5.41) is 3.39. The van der Waals surface area contributed by atoms with Crippen molar-refractivity contribution in [2.75, 3.05) is 13.2 Å². The fourth-order valence-corrected chi connectivity index (χ4v) is 3.40. The lowest BCUT2D eigenvalue weighted by molar-refractivity contribution is -0.129. The standard InChI is InChI=1S/C15H26N2O/c1-10(2)7-14-15(18)17(9-16-14)8-13(11-3-4-11)12-5-6-12/h10-14,16H,3-9H2,1-2H3. The average molecular weight is 250 g/mol. The normalized spacial score (nSPS) is 28.8. The number of nitrogens with zero attached hydrogens (tertiary/aromatic N) is 1. The van der Waals surface area contributed by atoms with E-state index in [0.29, 0.717) is 11.8 Å². The van der Waals surface area contributed by atoms with Crippen molar-refractivity contribution >= 4 is 5.91 Å². The van der Waals surface area contributed by atoms with Gasteiger partial charge in [0.25, 0.3) is 0 Å². The fourth-order valence-electron chi connectivity index (χ4n) is 3.40. The summed E-state index contributed by atoms with van der Waals surface area (Å²) >= 11 is 0. The summed E-state index contributed by atoms with van der Waals surface area (Å²) in [6.45, 7) is 6.19. The molecule has 0 radical (unpaired) electrons. The van der Waals surface area contributed by atoms with Crippen molar-refractivity contribution in [2.24, 2.45) is 23.7 Å². The van der Waals surface area contributed by atoms with Crippen LogP contribution in [-0.2, 0) is 4.79 Å². The lowest BCUT2D eigenvalue weighted by atomic mass is 9.97. The van der Waals surface area contributed by atoms with Crippen LogP contribution in [0.25, 0.3) is 0 Å². The van der Waals surface area contributed by atoms with Crippen molar-refractivity contribution in [1.29, 1.82) is 0 Å². The Kier molecular flexibility index (Phi) is 3.35. The zero-order chi connectivity index (χ0) is 12.7. The van der Waals surface area contributed by atoms with Crippen LogP contribution in [0.1, 0.15) is 46.0 Å². The van der Waals surface area contributed by atoms with Gasteiger partial charge in [0.15, 0.2) is 0 Å². The Bertz CT molecular complexity index is 308. The van der Waals surface area contributed by atoms with E-state index in [1.54, 1.807) is 0 Å². The minimum absolute atomic E-state index is 0.0871. The first-order chi connectivity index (χ1) is 8.65. The van der Waals surface area contributed by atoms with Crippen LogP contribution < -0.4 is 5.32 Å². The molecule has 0 aromatic heterocycles. The summed E-state index contributed by atoms with van der Waals surface area (Å²) in [6.07, 6.45) is 6.61. The molecule has 1 N–H and O–H groups in total. The van der Waals surface area contributed by atoms with Crippen LogP contribution in [0.2, 0.25) is 0 Å². The van der Waals surface area contributed by atoms with Gasteiger partial charge in [-0.2, -0.15) is 0 Å². The molecule has 0 aromatic rings. The molecule has 0 spiro atoms. The van der Waals surface area contributed by atoms with Gasteiger partial charge in [0.1, 0.15) is 0 Å². The molecular weight excluding hydrogens is 224 g/mol. The smallest absolute Gasteiger partial charge is 0.240 e. The number of nitrogens with one attached hydrogen (secondary N) is 1. The molecule has 1 atom stereocenters. The topological polar surface area (TPSA) is 32.3 Å². The second kappa shape index (κ2) is 4.84. The molecule has 3 heteroatoms. The van der Waals surface area contributed by atoms with Crippen molar-refractivity contribution in [1.82, 2.24) is 10.2 Å². The van der Waals surface area contributed by atoms with E-state index in [-0.39, 0.29) is 6.04 Å². The van der Waals surface area contributed by atoms with Gasteiger partial charge >= 0.3 is 0 Å². The third kappa shape index (κ3) is 2.71. The highest BCUT2D eigenvalue weighted by molar-refractivity contribution is 5.83. The molecule has 3 nitrogen and oxygen atoms in total. The van der Waals surface area contributed by atoms with Crippen LogP contribution in [-0.4, -0.2) is 30.1 Å². The number of carbonyl (C=O) groups is 1. The molecule has 18 heavy (non-hydrogen) atoms. The van der Waals surface area contributed by atoms with Crippen LogP contribution in [0.3, 0.4) is 0 Å². The molecule has 1 amide bonds. The van der Waals surface area contributed by atoms with E-state index >= 15 is 0 Å². The Labute approximate surface area is 110 Å². The zero-order valence-electron chi connectivity index (χ0n) is 11.7. The number of amides is 1. The second-order valence-electron chi connectivity index (χ2n) is 6.94. The van der Waals surface area contributed by atoms with E-state index in [4.69, 9.17) is 0 Å². The van der Waals surface area contributed by atoms with Gasteiger partial charge in [-0.05, 0) is 55.8 Å². The molecule has 3 fully saturated rings. The molecule has 1 saturated heterocycles. The van der Waals surface area contributed by atoms with Gasteiger partial charge in [-0.3, -0.25) is 10.1 Å². The van der Waals surface area contributed by atoms with E-state index in [9.17, 15) is 4.79 Å². The molecule has 1 unspecified atom stereocenters. The van der Waals surface area contributed by atoms with Crippen molar-refractivity contribution in [2.45, 2.75) is 52.0 Å². The number of carbonyl (C=O) groups excluding carboxylic acids is 1. The largest absolute Gasteiger partial charge is 0.328 e. The van der Waals surface area contributed by atoms with Gasteiger partial charge in [0.2, 0.25) is 5.91 Å². The van der Waals surface area contributed by atoms with Crippen molar-refractivity contribution in [3.8, 4) is 0 Å². The third-order valence-corrected chi connectivity index (χ3v) is 4.73. The summed E-state index contributed by atoms with van der Waals surface area (Å²) < 4.78 is 0. The minimum atomic E-state index is 0.0871. The highest BCUT2D eigenvalue weighted by Crippen LogP contribution is 2.49. The third-order valence-electron chi connectivity index (χ3n) is 4.73. The Morgan fingerprint density at radius 1 is 1.22 bits per heavy atom. The van der Waals surface area contributed by atoms with Crippen molar-refractivity contribution in [3.63, 3.8) is 0 Å². The molecule has 1 heterocycles. The van der Waals surface area contributed by atoms with Crippen LogP contribution in [0.15, 0.2) is 0 Å². The van der Waals surface area contributed by atoms with Crippen LogP contribution in [0, 0.1) is 23.7 Å². The Morgan fingerprint density at radius 2 is 1.83 bits per heavy atom. The summed E-state index contributed by atoms with van der Waals surface area (Å²) in [5.41, 5.74) is 0. The predicted octanol–water partition coefficient (Wildman–Crippen LogP) is 2.23. The molecule has 2 aliphatic carbocycles. The van der Waals surface area contributed by atoms with Gasteiger partial charge < -0.3 is 4.90 Å². The molecule has 1 aliphatic heterocycles. The summed E-state index contributed by atoms with van der Waals surface area (Å²) in [5.74, 6) is 3.64. The van der Waals surface area contributed by atoms with E-state index < -0.39 is 0 Å². The highest BCUT2D eigenvalue weighted by atomic mass is 16.2. The zero-order valence-corrected chi connectivity index (χ0v) is 11.7. The van der Waals surface area contributed by atoms with Gasteiger partial charge in [0.05, 0.1) is 12.7 Å². The maximum atomic E-state index is 12.3. The molecule has 3 rings (SSSR count). The second-order valence-corrected chi connectivity index (χ2v) is 6.94. The van der Waals surface area contributed by atoms with Crippen molar-refractivity contribution in [3.05, 3.63) is 0 Å². The first-order valence-electron chi connectivity index (χ1n) is 7.67. The van der Waals surface area contributed by atoms with Gasteiger partial charge in [0, 0.05) is 6.54 Å². The highest BCUT2D eigenvalue weighted by Gasteiger charge is 2.44. The number of hydrogen-bond acceptors (Lipinski definition) is 2. The minimum Gasteiger partial charge on any atom is -0.328 e. The van der Waals surface area contributed by atoms with E-state index in [0.717, 1.165) is 37.4 Å². The summed E-state index contributed by atoms with van der Waals surface area (Å²) in [4.78, 5) is 14.4. The lowest BCUT2D eigenvalue weighted by Gasteiger charge is -2.23. The summed E-state index contributed by atoms with van der Waals surface area (Å²) in [6, 6.07) is 0.0871. The molecule has 2 saturated carbocycles. The van der Waals surface area contributed by atoms with E-state index in [2.05, 4.69) is 24.1 Å². The van der Waals surface area contributed by atoms with E-state index in [1.807, 2.05) is 0 Å². The van der Waals surface area contributed by atoms with Crippen LogP contribution >= 0.6 is 0 Å². The van der Waals surface area contributed by atoms with Crippen LogP contribution in [0.5, 0.6) is 0 Å². The maximum absolute atomic E-state index is 12.3. The lowest BCUT2D eigenvalue weighted by Crippen LogP contribution is -2.35. The Morgan fingerprint density at radius 3 is 2.33 bits per heavy atom. The molecule has 0 aromatic carbocycles. The fraction of sp³-hybridized carbons (Fsp3) is 0.933. The maximum Gasteiger partial charge on any atom is 0.240 e. The first-order valence-corrected chi connectivity index (χ1v) is 7.67. The van der Waals surface area contributed by atoms with Gasteiger partial charge in [-0.1, -0.05) is 13.8 Å². The molecular formula is C15H26N2O. The van der Waals surface area contributed by atoms with E-state index in [1.165, 1.54) is 25.7 Å². The number of hydrogen-bond donors (Lipinski definition) is 1. The monoisotopic (exact) mass is 250 g/mol. The summed E-state index contributed by atoms with van der Waals surface area (Å²) in [7, 11) is 0. The molecule has 0 bridgehead atoms. The predicted molar refractivity (Wildman–Crippen MR) is 71.9 cm³/mol. The quantitative estimate of drug-likeness (QED) is 0.784. The SMILES string of the molecule is CC(C)CC1NCN(CC(C2CC2)C2CC2)C1=O. The Balaban J connectivity index is 1.55. The molecule has 3 aliphatic rings. The van der Waals surface area contributed by atoms with Gasteiger partial charge in [-0.25, -0.2) is 0 Å². The number of rotatable bonds is 6. The van der Waals surface area contributed by atoms with Crippen molar-refractivity contribution < 1.29 is 4.79 Å². The Hall–Kier alpha value is -0.570. The van der Waals surface area contributed by atoms with Crippen LogP contribution in [0.4, 0.5) is 0 Å². The first kappa shape index (κ1) is 12.5.